The normalized spacial score (nSPS) is 15.3. The van der Waals surface area contributed by atoms with Gasteiger partial charge in [-0.2, -0.15) is 4.31 Å². The van der Waals surface area contributed by atoms with Crippen molar-refractivity contribution in [2.24, 2.45) is 0 Å². The molecule has 0 bridgehead atoms. The fourth-order valence-electron chi connectivity index (χ4n) is 3.95. The number of piperazine rings is 1. The second-order valence-electron chi connectivity index (χ2n) is 8.46. The van der Waals surface area contributed by atoms with Gasteiger partial charge in [0.15, 0.2) is 0 Å². The Kier molecular flexibility index (Phi) is 6.93. The lowest BCUT2D eigenvalue weighted by molar-refractivity contribution is 0.102. The molecule has 1 N–H and O–H groups in total. The number of sulfonamides is 1. The average Bonchev–Trinajstić information content (AvgIpc) is 2.83. The summed E-state index contributed by atoms with van der Waals surface area (Å²) in [5.41, 5.74) is 4.66. The Morgan fingerprint density at radius 2 is 1.55 bits per heavy atom. The topological polar surface area (TPSA) is 69.7 Å². The van der Waals surface area contributed by atoms with Gasteiger partial charge in [-0.1, -0.05) is 42.5 Å². The number of carbonyl (C=O) groups excluding carboxylic acids is 1. The van der Waals surface area contributed by atoms with Crippen LogP contribution in [0.1, 0.15) is 27.0 Å². The molecule has 1 aliphatic rings. The monoisotopic (exact) mass is 463 g/mol. The summed E-state index contributed by atoms with van der Waals surface area (Å²) in [7, 11) is -3.44. The average molecular weight is 464 g/mol. The molecule has 0 aliphatic carbocycles. The Balaban J connectivity index is 1.33. The Morgan fingerprint density at radius 1 is 0.879 bits per heavy atom. The van der Waals surface area contributed by atoms with Crippen molar-refractivity contribution in [3.63, 3.8) is 0 Å². The van der Waals surface area contributed by atoms with Gasteiger partial charge in [0.2, 0.25) is 10.0 Å². The smallest absolute Gasteiger partial charge is 0.255 e. The summed E-state index contributed by atoms with van der Waals surface area (Å²) in [6.45, 7) is 6.96. The maximum absolute atomic E-state index is 12.8. The fourth-order valence-corrected chi connectivity index (χ4v) is 5.40. The van der Waals surface area contributed by atoms with Crippen LogP contribution in [0.3, 0.4) is 0 Å². The lowest BCUT2D eigenvalue weighted by Crippen LogP contribution is -2.48. The van der Waals surface area contributed by atoms with Gasteiger partial charge in [0.1, 0.15) is 0 Å². The number of aryl methyl sites for hydroxylation is 2. The minimum Gasteiger partial charge on any atom is -0.322 e. The van der Waals surface area contributed by atoms with E-state index in [1.807, 2.05) is 62.4 Å². The molecule has 7 heteroatoms. The molecule has 0 radical (unpaired) electrons. The van der Waals surface area contributed by atoms with E-state index in [1.165, 1.54) is 0 Å². The first kappa shape index (κ1) is 23.2. The molecule has 172 valence electrons. The van der Waals surface area contributed by atoms with E-state index in [-0.39, 0.29) is 5.91 Å². The van der Waals surface area contributed by atoms with Crippen molar-refractivity contribution in [2.45, 2.75) is 25.3 Å². The van der Waals surface area contributed by atoms with E-state index in [0.29, 0.717) is 36.6 Å². The lowest BCUT2D eigenvalue weighted by Gasteiger charge is -2.34. The van der Waals surface area contributed by atoms with Gasteiger partial charge in [-0.05, 0) is 60.9 Å². The first-order chi connectivity index (χ1) is 15.8. The molecule has 0 atom stereocenters. The molecule has 3 aromatic carbocycles. The molecule has 0 unspecified atom stereocenters. The summed E-state index contributed by atoms with van der Waals surface area (Å²) < 4.78 is 27.1. The van der Waals surface area contributed by atoms with Crippen LogP contribution in [0.5, 0.6) is 0 Å². The zero-order valence-electron chi connectivity index (χ0n) is 19.0. The Morgan fingerprint density at radius 3 is 2.21 bits per heavy atom. The van der Waals surface area contributed by atoms with Gasteiger partial charge in [-0.15, -0.1) is 0 Å². The van der Waals surface area contributed by atoms with Gasteiger partial charge in [0, 0.05) is 44.0 Å². The van der Waals surface area contributed by atoms with Crippen molar-refractivity contribution >= 4 is 21.6 Å². The summed E-state index contributed by atoms with van der Waals surface area (Å²) in [4.78, 5) is 15.2. The number of nitrogens with zero attached hydrogens (tertiary/aromatic N) is 2. The highest BCUT2D eigenvalue weighted by molar-refractivity contribution is 7.89. The molecule has 33 heavy (non-hydrogen) atoms. The highest BCUT2D eigenvalue weighted by Crippen LogP contribution is 2.20. The minimum absolute atomic E-state index is 0.130. The number of carbonyl (C=O) groups is 1. The highest BCUT2D eigenvalue weighted by atomic mass is 32.2. The van der Waals surface area contributed by atoms with E-state index >= 15 is 0 Å². The van der Waals surface area contributed by atoms with Gasteiger partial charge in [0.25, 0.3) is 5.91 Å². The van der Waals surface area contributed by atoms with E-state index in [1.54, 1.807) is 28.6 Å². The van der Waals surface area contributed by atoms with Crippen molar-refractivity contribution in [1.29, 1.82) is 0 Å². The van der Waals surface area contributed by atoms with Crippen molar-refractivity contribution < 1.29 is 13.2 Å². The number of amides is 1. The van der Waals surface area contributed by atoms with Crippen LogP contribution in [-0.2, 0) is 16.6 Å². The van der Waals surface area contributed by atoms with Gasteiger partial charge in [0.05, 0.1) is 4.90 Å². The second kappa shape index (κ2) is 9.87. The summed E-state index contributed by atoms with van der Waals surface area (Å²) >= 11 is 0. The molecule has 1 amide bonds. The third kappa shape index (κ3) is 5.50. The van der Waals surface area contributed by atoms with E-state index in [4.69, 9.17) is 0 Å². The minimum atomic E-state index is -3.44. The highest BCUT2D eigenvalue weighted by Gasteiger charge is 2.28. The predicted octanol–water partition coefficient (Wildman–Crippen LogP) is 4.06. The Hall–Kier alpha value is -3.00. The first-order valence-corrected chi connectivity index (χ1v) is 12.5. The van der Waals surface area contributed by atoms with Crippen LogP contribution in [0.4, 0.5) is 5.69 Å². The number of rotatable bonds is 6. The molecule has 3 aromatic rings. The van der Waals surface area contributed by atoms with Crippen LogP contribution in [0.15, 0.2) is 77.7 Å². The molecule has 6 nitrogen and oxygen atoms in total. The van der Waals surface area contributed by atoms with E-state index in [2.05, 4.69) is 10.2 Å². The van der Waals surface area contributed by atoms with E-state index in [9.17, 15) is 13.2 Å². The summed E-state index contributed by atoms with van der Waals surface area (Å²) in [6, 6.07) is 22.2. The van der Waals surface area contributed by atoms with Crippen molar-refractivity contribution in [3.8, 4) is 0 Å². The molecule has 4 rings (SSSR count). The Labute approximate surface area is 195 Å². The van der Waals surface area contributed by atoms with Gasteiger partial charge >= 0.3 is 0 Å². The number of hydrogen-bond acceptors (Lipinski definition) is 4. The van der Waals surface area contributed by atoms with Crippen molar-refractivity contribution in [3.05, 3.63) is 95.1 Å². The lowest BCUT2D eigenvalue weighted by atomic mass is 10.1. The zero-order chi connectivity index (χ0) is 23.4. The van der Waals surface area contributed by atoms with Gasteiger partial charge in [-0.3, -0.25) is 9.69 Å². The number of anilines is 1. The third-order valence-corrected chi connectivity index (χ3v) is 7.89. The quantitative estimate of drug-likeness (QED) is 0.599. The van der Waals surface area contributed by atoms with Crippen molar-refractivity contribution in [1.82, 2.24) is 9.21 Å². The largest absolute Gasteiger partial charge is 0.322 e. The van der Waals surface area contributed by atoms with Crippen LogP contribution in [0.25, 0.3) is 0 Å². The number of nitrogens with one attached hydrogen (secondary N) is 1. The molecular formula is C26H29N3O3S. The Bertz CT molecular complexity index is 1220. The summed E-state index contributed by atoms with van der Waals surface area (Å²) in [5.74, 6) is -0.130. The zero-order valence-corrected chi connectivity index (χ0v) is 19.8. The molecule has 0 spiro atoms. The third-order valence-electron chi connectivity index (χ3n) is 5.98. The SMILES string of the molecule is Cc1ccc(C)c(NC(=O)c2ccc(CN3CCN(S(=O)(=O)c4ccccc4)CC3)cc2)c1. The molecule has 1 fully saturated rings. The second-order valence-corrected chi connectivity index (χ2v) is 10.4. The summed E-state index contributed by atoms with van der Waals surface area (Å²) in [5, 5.41) is 2.99. The summed E-state index contributed by atoms with van der Waals surface area (Å²) in [6.07, 6.45) is 0. The van der Waals surface area contributed by atoms with Crippen LogP contribution >= 0.6 is 0 Å². The molecule has 1 aliphatic heterocycles. The van der Waals surface area contributed by atoms with Crippen LogP contribution in [-0.4, -0.2) is 49.7 Å². The molecule has 0 saturated carbocycles. The van der Waals surface area contributed by atoms with Gasteiger partial charge < -0.3 is 5.32 Å². The van der Waals surface area contributed by atoms with Crippen LogP contribution in [0.2, 0.25) is 0 Å². The number of hydrogen-bond donors (Lipinski definition) is 1. The predicted molar refractivity (Wildman–Crippen MR) is 131 cm³/mol. The molecule has 0 aromatic heterocycles. The molecular weight excluding hydrogens is 434 g/mol. The standard InChI is InChI=1S/C26H29N3O3S/c1-20-8-9-21(2)25(18-20)27-26(30)23-12-10-22(11-13-23)19-28-14-16-29(17-15-28)33(31,32)24-6-4-3-5-7-24/h3-13,18H,14-17,19H2,1-2H3,(H,27,30). The maximum Gasteiger partial charge on any atom is 0.255 e. The van der Waals surface area contributed by atoms with E-state index in [0.717, 1.165) is 28.9 Å². The maximum atomic E-state index is 12.8. The van der Waals surface area contributed by atoms with E-state index < -0.39 is 10.0 Å². The van der Waals surface area contributed by atoms with Gasteiger partial charge in [-0.25, -0.2) is 8.42 Å². The number of benzene rings is 3. The van der Waals surface area contributed by atoms with Crippen molar-refractivity contribution in [2.75, 3.05) is 31.5 Å². The molecule has 1 heterocycles. The first-order valence-electron chi connectivity index (χ1n) is 11.1. The van der Waals surface area contributed by atoms with Crippen LogP contribution in [0, 0.1) is 13.8 Å². The molecule has 1 saturated heterocycles. The van der Waals surface area contributed by atoms with Crippen LogP contribution < -0.4 is 5.32 Å². The fraction of sp³-hybridized carbons (Fsp3) is 0.269.